The van der Waals surface area contributed by atoms with Gasteiger partial charge in [-0.25, -0.2) is 4.98 Å². The van der Waals surface area contributed by atoms with Gasteiger partial charge in [0.15, 0.2) is 0 Å². The Hall–Kier alpha value is -2.85. The molecule has 4 rings (SSSR count). The molecule has 0 aliphatic carbocycles. The first-order valence-electron chi connectivity index (χ1n) is 9.62. The molecular weight excluding hydrogens is 334 g/mol. The van der Waals surface area contributed by atoms with Gasteiger partial charge in [0.05, 0.1) is 26.2 Å². The van der Waals surface area contributed by atoms with Crippen LogP contribution in [-0.2, 0) is 13.2 Å². The van der Waals surface area contributed by atoms with Crippen molar-refractivity contribution in [3.8, 4) is 5.75 Å². The van der Waals surface area contributed by atoms with Crippen LogP contribution in [0.25, 0.3) is 0 Å². The highest BCUT2D eigenvalue weighted by atomic mass is 16.5. The van der Waals surface area contributed by atoms with Crippen molar-refractivity contribution in [1.29, 1.82) is 0 Å². The van der Waals surface area contributed by atoms with Crippen LogP contribution < -0.4 is 14.5 Å². The average Bonchev–Trinajstić information content (AvgIpc) is 2.75. The highest BCUT2D eigenvalue weighted by Gasteiger charge is 2.20. The molecule has 27 heavy (non-hydrogen) atoms. The number of nitrogens with one attached hydrogen (secondary N) is 1. The van der Waals surface area contributed by atoms with E-state index in [0.717, 1.165) is 44.3 Å². The van der Waals surface area contributed by atoms with E-state index in [1.54, 1.807) is 4.90 Å². The third-order valence-electron chi connectivity index (χ3n) is 5.04. The molecule has 1 fully saturated rings. The zero-order chi connectivity index (χ0) is 18.3. The molecule has 3 aromatic rings. The number of anilines is 1. The summed E-state index contributed by atoms with van der Waals surface area (Å²) in [6, 6.07) is 24.9. The number of ether oxygens (including phenoxy) is 1. The number of aromatic nitrogens is 1. The van der Waals surface area contributed by atoms with Crippen LogP contribution in [0.4, 0.5) is 5.82 Å². The summed E-state index contributed by atoms with van der Waals surface area (Å²) in [6.07, 6.45) is 1.87. The lowest BCUT2D eigenvalue weighted by atomic mass is 10.2. The number of benzene rings is 2. The number of piperazine rings is 1. The molecule has 0 atom stereocenters. The first-order valence-corrected chi connectivity index (χ1v) is 9.62. The minimum atomic E-state index is 0.611. The van der Waals surface area contributed by atoms with Gasteiger partial charge in [0, 0.05) is 11.8 Å². The Labute approximate surface area is 161 Å². The lowest BCUT2D eigenvalue weighted by Crippen LogP contribution is -3.13. The fraction of sp³-hybridized carbons (Fsp3) is 0.261. The molecule has 0 amide bonds. The Bertz CT molecular complexity index is 831. The van der Waals surface area contributed by atoms with Crippen LogP contribution in [0.5, 0.6) is 5.75 Å². The van der Waals surface area contributed by atoms with Crippen molar-refractivity contribution in [1.82, 2.24) is 4.98 Å². The first kappa shape index (κ1) is 17.6. The quantitative estimate of drug-likeness (QED) is 0.733. The summed E-state index contributed by atoms with van der Waals surface area (Å²) in [5.41, 5.74) is 2.53. The Morgan fingerprint density at radius 1 is 0.852 bits per heavy atom. The predicted octanol–water partition coefficient (Wildman–Crippen LogP) is 2.57. The van der Waals surface area contributed by atoms with Crippen LogP contribution in [0.1, 0.15) is 11.1 Å². The number of quaternary nitrogens is 1. The predicted molar refractivity (Wildman–Crippen MR) is 108 cm³/mol. The van der Waals surface area contributed by atoms with Crippen molar-refractivity contribution in [3.05, 3.63) is 90.1 Å². The van der Waals surface area contributed by atoms with Gasteiger partial charge in [-0.1, -0.05) is 48.5 Å². The molecule has 1 aliphatic heterocycles. The van der Waals surface area contributed by atoms with E-state index in [-0.39, 0.29) is 0 Å². The molecule has 2 aromatic carbocycles. The Balaban J connectivity index is 1.30. The van der Waals surface area contributed by atoms with Crippen LogP contribution >= 0.6 is 0 Å². The van der Waals surface area contributed by atoms with Gasteiger partial charge >= 0.3 is 0 Å². The van der Waals surface area contributed by atoms with Crippen molar-refractivity contribution < 1.29 is 9.64 Å². The number of hydrogen-bond acceptors (Lipinski definition) is 3. The van der Waals surface area contributed by atoms with Crippen molar-refractivity contribution in [3.63, 3.8) is 0 Å². The summed E-state index contributed by atoms with van der Waals surface area (Å²) >= 11 is 0. The topological polar surface area (TPSA) is 29.8 Å². The van der Waals surface area contributed by atoms with Crippen molar-refractivity contribution in [2.45, 2.75) is 13.2 Å². The second kappa shape index (κ2) is 8.69. The SMILES string of the molecule is c1ccc(COc2cccc(C[NH+]3CCN(c4ccccn4)CC3)c2)cc1. The molecule has 1 saturated heterocycles. The second-order valence-electron chi connectivity index (χ2n) is 7.02. The maximum absolute atomic E-state index is 5.97. The number of pyridine rings is 1. The van der Waals surface area contributed by atoms with E-state index in [9.17, 15) is 0 Å². The zero-order valence-electron chi connectivity index (χ0n) is 15.6. The zero-order valence-corrected chi connectivity index (χ0v) is 15.6. The smallest absolute Gasteiger partial charge is 0.128 e. The molecule has 4 heteroatoms. The van der Waals surface area contributed by atoms with Gasteiger partial charge in [0.1, 0.15) is 24.7 Å². The van der Waals surface area contributed by atoms with E-state index >= 15 is 0 Å². The first-order chi connectivity index (χ1) is 13.4. The van der Waals surface area contributed by atoms with Crippen LogP contribution in [0.3, 0.4) is 0 Å². The lowest BCUT2D eigenvalue weighted by Gasteiger charge is -2.33. The second-order valence-corrected chi connectivity index (χ2v) is 7.02. The third kappa shape index (κ3) is 4.86. The fourth-order valence-corrected chi connectivity index (χ4v) is 3.54. The van der Waals surface area contributed by atoms with E-state index in [2.05, 4.69) is 52.3 Å². The lowest BCUT2D eigenvalue weighted by molar-refractivity contribution is -0.914. The van der Waals surface area contributed by atoms with Gasteiger partial charge in [0.25, 0.3) is 0 Å². The summed E-state index contributed by atoms with van der Waals surface area (Å²) in [5.74, 6) is 2.04. The van der Waals surface area contributed by atoms with Crippen molar-refractivity contribution in [2.75, 3.05) is 31.1 Å². The highest BCUT2D eigenvalue weighted by molar-refractivity contribution is 5.37. The normalized spacial score (nSPS) is 14.9. The molecule has 138 valence electrons. The van der Waals surface area contributed by atoms with Crippen LogP contribution in [0, 0.1) is 0 Å². The van der Waals surface area contributed by atoms with Gasteiger partial charge < -0.3 is 14.5 Å². The standard InChI is InChI=1S/C23H25N3O/c1-2-7-20(8-3-1)19-27-22-10-6-9-21(17-22)18-25-13-15-26(16-14-25)23-11-4-5-12-24-23/h1-12,17H,13-16,18-19H2/p+1. The molecule has 0 spiro atoms. The molecule has 1 aromatic heterocycles. The third-order valence-corrected chi connectivity index (χ3v) is 5.04. The van der Waals surface area contributed by atoms with E-state index in [1.165, 1.54) is 11.1 Å². The Morgan fingerprint density at radius 2 is 1.63 bits per heavy atom. The maximum Gasteiger partial charge on any atom is 0.128 e. The van der Waals surface area contributed by atoms with Gasteiger partial charge in [-0.15, -0.1) is 0 Å². The Kier molecular flexibility index (Phi) is 5.65. The van der Waals surface area contributed by atoms with Gasteiger partial charge in [0.2, 0.25) is 0 Å². The van der Waals surface area contributed by atoms with Crippen LogP contribution in [0.15, 0.2) is 79.0 Å². The van der Waals surface area contributed by atoms with Gasteiger partial charge in [-0.3, -0.25) is 0 Å². The van der Waals surface area contributed by atoms with Gasteiger partial charge in [-0.05, 0) is 29.8 Å². The number of nitrogens with zero attached hydrogens (tertiary/aromatic N) is 2. The number of hydrogen-bond donors (Lipinski definition) is 1. The van der Waals surface area contributed by atoms with E-state index < -0.39 is 0 Å². The minimum Gasteiger partial charge on any atom is -0.489 e. The molecule has 4 nitrogen and oxygen atoms in total. The molecule has 0 saturated carbocycles. The summed E-state index contributed by atoms with van der Waals surface area (Å²) in [6.45, 7) is 6.02. The monoisotopic (exact) mass is 360 g/mol. The van der Waals surface area contributed by atoms with E-state index in [4.69, 9.17) is 4.74 Å². The molecule has 2 heterocycles. The molecule has 0 unspecified atom stereocenters. The van der Waals surface area contributed by atoms with Crippen molar-refractivity contribution in [2.24, 2.45) is 0 Å². The van der Waals surface area contributed by atoms with Crippen LogP contribution in [0.2, 0.25) is 0 Å². The Morgan fingerprint density at radius 3 is 2.41 bits per heavy atom. The fourth-order valence-electron chi connectivity index (χ4n) is 3.54. The highest BCUT2D eigenvalue weighted by Crippen LogP contribution is 2.15. The van der Waals surface area contributed by atoms with Crippen molar-refractivity contribution >= 4 is 5.82 Å². The molecule has 1 aliphatic rings. The minimum absolute atomic E-state index is 0.611. The molecule has 0 bridgehead atoms. The molecular formula is C23H26N3O+. The summed E-state index contributed by atoms with van der Waals surface area (Å²) in [7, 11) is 0. The molecule has 0 radical (unpaired) electrons. The maximum atomic E-state index is 5.97. The largest absolute Gasteiger partial charge is 0.489 e. The summed E-state index contributed by atoms with van der Waals surface area (Å²) in [5, 5.41) is 0. The van der Waals surface area contributed by atoms with Crippen LogP contribution in [-0.4, -0.2) is 31.2 Å². The average molecular weight is 360 g/mol. The summed E-state index contributed by atoms with van der Waals surface area (Å²) in [4.78, 5) is 8.46. The van der Waals surface area contributed by atoms with E-state index in [1.807, 2.05) is 36.5 Å². The number of rotatable bonds is 6. The molecule has 1 N–H and O–H groups in total. The summed E-state index contributed by atoms with van der Waals surface area (Å²) < 4.78 is 5.97. The van der Waals surface area contributed by atoms with Gasteiger partial charge in [-0.2, -0.15) is 0 Å². The van der Waals surface area contributed by atoms with E-state index in [0.29, 0.717) is 6.61 Å².